The van der Waals surface area contributed by atoms with Gasteiger partial charge < -0.3 is 10.5 Å². The van der Waals surface area contributed by atoms with E-state index >= 15 is 0 Å². The van der Waals surface area contributed by atoms with E-state index in [0.29, 0.717) is 5.56 Å². The van der Waals surface area contributed by atoms with Crippen molar-refractivity contribution in [1.29, 1.82) is 0 Å². The zero-order chi connectivity index (χ0) is 19.5. The highest BCUT2D eigenvalue weighted by atomic mass is 35.5. The lowest BCUT2D eigenvalue weighted by atomic mass is 10.1. The lowest BCUT2D eigenvalue weighted by molar-refractivity contribution is -0.127. The number of hydrogen-bond donors (Lipinski definition) is 1. The van der Waals surface area contributed by atoms with Crippen LogP contribution in [0.4, 0.5) is 0 Å². The number of benzene rings is 2. The summed E-state index contributed by atoms with van der Waals surface area (Å²) in [7, 11) is -1.17. The monoisotopic (exact) mass is 396 g/mol. The van der Waals surface area contributed by atoms with Gasteiger partial charge in [0.2, 0.25) is 16.1 Å². The summed E-state index contributed by atoms with van der Waals surface area (Å²) in [4.78, 5) is 23.8. The van der Waals surface area contributed by atoms with Crippen molar-refractivity contribution >= 4 is 33.5 Å². The molecule has 0 aliphatic heterocycles. The number of sulfonamides is 1. The minimum Gasteiger partial charge on any atom is -0.444 e. The first kappa shape index (κ1) is 19.9. The Morgan fingerprint density at radius 3 is 2.27 bits per heavy atom. The highest BCUT2D eigenvalue weighted by Gasteiger charge is 2.26. The van der Waals surface area contributed by atoms with Crippen molar-refractivity contribution in [2.24, 2.45) is 5.73 Å². The van der Waals surface area contributed by atoms with E-state index < -0.39 is 28.0 Å². The van der Waals surface area contributed by atoms with Gasteiger partial charge in [0.15, 0.2) is 0 Å². The Balaban J connectivity index is 2.37. The fourth-order valence-electron chi connectivity index (χ4n) is 2.12. The van der Waals surface area contributed by atoms with E-state index in [0.717, 1.165) is 10.4 Å². The standard InChI is InChI=1S/C17H17ClN2O5S/c1-20(2)26(23,24)14-10-12(8-9-13(14)18)17(22)25-15(16(19)21)11-6-4-3-5-7-11/h3-10,15H,1-2H3,(H2,19,21). The second-order valence-corrected chi connectivity index (χ2v) is 8.06. The van der Waals surface area contributed by atoms with Gasteiger partial charge in [-0.3, -0.25) is 4.79 Å². The molecule has 2 aromatic rings. The Bertz CT molecular complexity index is 929. The average Bonchev–Trinajstić information content (AvgIpc) is 2.60. The summed E-state index contributed by atoms with van der Waals surface area (Å²) in [5.74, 6) is -1.75. The summed E-state index contributed by atoms with van der Waals surface area (Å²) in [5.41, 5.74) is 5.65. The van der Waals surface area contributed by atoms with Gasteiger partial charge in [0, 0.05) is 19.7 Å². The van der Waals surface area contributed by atoms with Crippen LogP contribution in [0.5, 0.6) is 0 Å². The van der Waals surface area contributed by atoms with Crippen molar-refractivity contribution in [3.63, 3.8) is 0 Å². The van der Waals surface area contributed by atoms with E-state index in [1.165, 1.54) is 26.2 Å². The third-order valence-corrected chi connectivity index (χ3v) is 5.81. The fourth-order valence-corrected chi connectivity index (χ4v) is 3.51. The zero-order valence-corrected chi connectivity index (χ0v) is 15.6. The Hall–Kier alpha value is -2.42. The van der Waals surface area contributed by atoms with Crippen LogP contribution in [0.1, 0.15) is 22.0 Å². The van der Waals surface area contributed by atoms with Crippen molar-refractivity contribution < 1.29 is 22.7 Å². The molecule has 0 saturated heterocycles. The molecule has 9 heteroatoms. The normalized spacial score (nSPS) is 12.6. The van der Waals surface area contributed by atoms with Crippen molar-refractivity contribution in [3.8, 4) is 0 Å². The summed E-state index contributed by atoms with van der Waals surface area (Å²) >= 11 is 5.95. The molecule has 1 atom stereocenters. The molecular formula is C17H17ClN2O5S. The third-order valence-electron chi connectivity index (χ3n) is 3.51. The minimum atomic E-state index is -3.86. The molecule has 0 aliphatic rings. The van der Waals surface area contributed by atoms with Crippen LogP contribution in [-0.4, -0.2) is 38.7 Å². The van der Waals surface area contributed by atoms with Gasteiger partial charge in [0.05, 0.1) is 10.6 Å². The Labute approximate surface area is 156 Å². The number of amides is 1. The fraction of sp³-hybridized carbons (Fsp3) is 0.176. The van der Waals surface area contributed by atoms with E-state index in [1.54, 1.807) is 30.3 Å². The predicted molar refractivity (Wildman–Crippen MR) is 96.1 cm³/mol. The third kappa shape index (κ3) is 4.21. The summed E-state index contributed by atoms with van der Waals surface area (Å²) in [5, 5.41) is -0.0373. The number of carbonyl (C=O) groups excluding carboxylic acids is 2. The molecule has 2 rings (SSSR count). The number of carbonyl (C=O) groups is 2. The quantitative estimate of drug-likeness (QED) is 0.751. The number of halogens is 1. The van der Waals surface area contributed by atoms with Crippen LogP contribution in [0.25, 0.3) is 0 Å². The minimum absolute atomic E-state index is 0.0373. The Morgan fingerprint density at radius 1 is 1.12 bits per heavy atom. The molecule has 0 aliphatic carbocycles. The lowest BCUT2D eigenvalue weighted by Crippen LogP contribution is -2.26. The van der Waals surface area contributed by atoms with Gasteiger partial charge in [-0.15, -0.1) is 0 Å². The number of nitrogens with zero attached hydrogens (tertiary/aromatic N) is 1. The van der Waals surface area contributed by atoms with Crippen LogP contribution in [-0.2, 0) is 19.6 Å². The van der Waals surface area contributed by atoms with Gasteiger partial charge in [0.25, 0.3) is 5.91 Å². The zero-order valence-electron chi connectivity index (χ0n) is 14.0. The van der Waals surface area contributed by atoms with E-state index in [4.69, 9.17) is 22.1 Å². The molecule has 0 bridgehead atoms. The molecule has 2 aromatic carbocycles. The van der Waals surface area contributed by atoms with Crippen molar-refractivity contribution in [2.45, 2.75) is 11.0 Å². The van der Waals surface area contributed by atoms with Gasteiger partial charge in [0.1, 0.15) is 4.90 Å². The SMILES string of the molecule is CN(C)S(=O)(=O)c1cc(C(=O)OC(C(N)=O)c2ccccc2)ccc1Cl. The summed E-state index contributed by atoms with van der Waals surface area (Å²) < 4.78 is 30.7. The highest BCUT2D eigenvalue weighted by Crippen LogP contribution is 2.26. The van der Waals surface area contributed by atoms with Gasteiger partial charge in [-0.25, -0.2) is 17.5 Å². The molecule has 0 saturated carbocycles. The van der Waals surface area contributed by atoms with E-state index in [2.05, 4.69) is 0 Å². The van der Waals surface area contributed by atoms with Gasteiger partial charge in [-0.2, -0.15) is 0 Å². The first-order valence-electron chi connectivity index (χ1n) is 7.42. The maximum absolute atomic E-state index is 12.4. The summed E-state index contributed by atoms with van der Waals surface area (Å²) in [6, 6.07) is 11.9. The van der Waals surface area contributed by atoms with E-state index in [-0.39, 0.29) is 15.5 Å². The smallest absolute Gasteiger partial charge is 0.339 e. The molecule has 1 unspecified atom stereocenters. The second kappa shape index (κ2) is 7.86. The van der Waals surface area contributed by atoms with Crippen LogP contribution >= 0.6 is 11.6 Å². The second-order valence-electron chi connectivity index (χ2n) is 5.53. The van der Waals surface area contributed by atoms with Gasteiger partial charge >= 0.3 is 5.97 Å². The van der Waals surface area contributed by atoms with E-state index in [1.807, 2.05) is 0 Å². The lowest BCUT2D eigenvalue weighted by Gasteiger charge is -2.16. The molecule has 7 nitrogen and oxygen atoms in total. The summed E-state index contributed by atoms with van der Waals surface area (Å²) in [6.07, 6.45) is -1.30. The number of ether oxygens (including phenoxy) is 1. The largest absolute Gasteiger partial charge is 0.444 e. The average molecular weight is 397 g/mol. The van der Waals surface area contributed by atoms with E-state index in [9.17, 15) is 18.0 Å². The van der Waals surface area contributed by atoms with Crippen LogP contribution in [0, 0.1) is 0 Å². The number of primary amides is 1. The molecule has 0 aromatic heterocycles. The maximum atomic E-state index is 12.4. The van der Waals surface area contributed by atoms with Crippen LogP contribution in [0.15, 0.2) is 53.4 Å². The van der Waals surface area contributed by atoms with Gasteiger partial charge in [-0.05, 0) is 18.2 Å². The number of hydrogen-bond acceptors (Lipinski definition) is 5. The molecule has 0 heterocycles. The molecule has 0 spiro atoms. The van der Waals surface area contributed by atoms with Crippen LogP contribution in [0.3, 0.4) is 0 Å². The number of esters is 1. The maximum Gasteiger partial charge on any atom is 0.339 e. The number of rotatable bonds is 6. The first-order valence-corrected chi connectivity index (χ1v) is 9.23. The topological polar surface area (TPSA) is 107 Å². The predicted octanol–water partition coefficient (Wildman–Crippen LogP) is 1.97. The Kier molecular flexibility index (Phi) is 6.01. The molecule has 0 fully saturated rings. The number of nitrogens with two attached hydrogens (primary N) is 1. The van der Waals surface area contributed by atoms with Crippen molar-refractivity contribution in [1.82, 2.24) is 4.31 Å². The van der Waals surface area contributed by atoms with Gasteiger partial charge in [-0.1, -0.05) is 41.9 Å². The van der Waals surface area contributed by atoms with Crippen molar-refractivity contribution in [2.75, 3.05) is 14.1 Å². The first-order chi connectivity index (χ1) is 12.1. The molecule has 1 amide bonds. The molecule has 26 heavy (non-hydrogen) atoms. The molecule has 0 radical (unpaired) electrons. The highest BCUT2D eigenvalue weighted by molar-refractivity contribution is 7.89. The van der Waals surface area contributed by atoms with Crippen LogP contribution in [0.2, 0.25) is 5.02 Å². The molecule has 138 valence electrons. The Morgan fingerprint density at radius 2 is 1.73 bits per heavy atom. The molecule has 2 N–H and O–H groups in total. The summed E-state index contributed by atoms with van der Waals surface area (Å²) in [6.45, 7) is 0. The molecular weight excluding hydrogens is 380 g/mol. The van der Waals surface area contributed by atoms with Crippen LogP contribution < -0.4 is 5.73 Å². The van der Waals surface area contributed by atoms with Crippen molar-refractivity contribution in [3.05, 3.63) is 64.7 Å².